The third-order valence-electron chi connectivity index (χ3n) is 4.45. The number of nitrogen functional groups attached to an aromatic ring is 1. The topological polar surface area (TPSA) is 89.0 Å². The van der Waals surface area contributed by atoms with E-state index in [0.29, 0.717) is 24.4 Å². The fourth-order valence-corrected chi connectivity index (χ4v) is 3.99. The number of benzene rings is 1. The molecule has 0 spiro atoms. The highest BCUT2D eigenvalue weighted by atomic mass is 32.1. The summed E-state index contributed by atoms with van der Waals surface area (Å²) in [5, 5.41) is 15.9. The molecule has 6 nitrogen and oxygen atoms in total. The van der Waals surface area contributed by atoms with Gasteiger partial charge in [0.2, 0.25) is 0 Å². The van der Waals surface area contributed by atoms with Crippen molar-refractivity contribution in [3.63, 3.8) is 0 Å². The third-order valence-corrected chi connectivity index (χ3v) is 5.36. The lowest BCUT2D eigenvalue weighted by Gasteiger charge is -2.10. The fraction of sp³-hybridized carbons (Fsp3) is 0.263. The Kier molecular flexibility index (Phi) is 4.58. The molecule has 3 heterocycles. The number of anilines is 1. The lowest BCUT2D eigenvalue weighted by atomic mass is 10.1. The number of fused-ring (bicyclic) bond motifs is 3. The first-order valence-corrected chi connectivity index (χ1v) is 9.54. The summed E-state index contributed by atoms with van der Waals surface area (Å²) < 4.78 is 2.04. The molecule has 0 amide bonds. The van der Waals surface area contributed by atoms with E-state index in [9.17, 15) is 5.11 Å². The third kappa shape index (κ3) is 2.84. The molecule has 134 valence electrons. The van der Waals surface area contributed by atoms with Gasteiger partial charge in [-0.05, 0) is 35.7 Å². The number of pyridine rings is 1. The number of imidazole rings is 1. The molecule has 3 aromatic heterocycles. The highest BCUT2D eigenvalue weighted by Crippen LogP contribution is 2.33. The zero-order valence-electron chi connectivity index (χ0n) is 14.6. The molecule has 0 aliphatic rings. The van der Waals surface area contributed by atoms with Gasteiger partial charge in [0, 0.05) is 16.8 Å². The number of thiophene rings is 1. The van der Waals surface area contributed by atoms with Crippen molar-refractivity contribution in [2.24, 2.45) is 0 Å². The van der Waals surface area contributed by atoms with Crippen LogP contribution in [-0.2, 0) is 13.1 Å². The average Bonchev–Trinajstić information content (AvgIpc) is 3.29. The fourth-order valence-electron chi connectivity index (χ4n) is 3.27. The molecule has 0 aliphatic carbocycles. The molecular formula is C19H21N5OS. The van der Waals surface area contributed by atoms with Crippen molar-refractivity contribution in [3.8, 4) is 10.4 Å². The molecular weight excluding hydrogens is 346 g/mol. The number of hydrogen-bond donors (Lipinski definition) is 3. The van der Waals surface area contributed by atoms with Crippen LogP contribution in [0.15, 0.2) is 35.7 Å². The molecule has 0 aliphatic heterocycles. The Morgan fingerprint density at radius 2 is 2.15 bits per heavy atom. The van der Waals surface area contributed by atoms with Crippen LogP contribution in [0.5, 0.6) is 0 Å². The first-order chi connectivity index (χ1) is 12.7. The molecule has 7 heteroatoms. The highest BCUT2D eigenvalue weighted by Gasteiger charge is 2.17. The number of aromatic nitrogens is 3. The second-order valence-corrected chi connectivity index (χ2v) is 7.03. The number of hydrogen-bond acceptors (Lipinski definition) is 6. The molecule has 0 saturated heterocycles. The Balaban J connectivity index is 1.96. The zero-order valence-corrected chi connectivity index (χ0v) is 15.4. The maximum Gasteiger partial charge on any atom is 0.152 e. The van der Waals surface area contributed by atoms with E-state index in [-0.39, 0.29) is 6.61 Å². The van der Waals surface area contributed by atoms with Crippen molar-refractivity contribution in [2.45, 2.75) is 20.0 Å². The largest absolute Gasteiger partial charge is 0.395 e. The molecule has 0 fully saturated rings. The summed E-state index contributed by atoms with van der Waals surface area (Å²) in [6.45, 7) is 4.04. The summed E-state index contributed by atoms with van der Waals surface area (Å²) in [5.74, 6) is 1.28. The molecule has 0 unspecified atom stereocenters. The number of nitrogens with two attached hydrogens (primary N) is 1. The maximum atomic E-state index is 9.54. The lowest BCUT2D eigenvalue weighted by molar-refractivity contribution is 0.276. The summed E-state index contributed by atoms with van der Waals surface area (Å²) in [6, 6.07) is 10.4. The smallest absolute Gasteiger partial charge is 0.152 e. The quantitative estimate of drug-likeness (QED) is 0.487. The predicted molar refractivity (Wildman–Crippen MR) is 107 cm³/mol. The Morgan fingerprint density at radius 1 is 1.27 bits per heavy atom. The van der Waals surface area contributed by atoms with E-state index in [4.69, 9.17) is 10.7 Å². The monoisotopic (exact) mass is 367 g/mol. The number of rotatable bonds is 6. The van der Waals surface area contributed by atoms with Crippen LogP contribution in [0.2, 0.25) is 0 Å². The van der Waals surface area contributed by atoms with Crippen molar-refractivity contribution in [1.82, 2.24) is 19.9 Å². The van der Waals surface area contributed by atoms with Crippen LogP contribution in [0.3, 0.4) is 0 Å². The van der Waals surface area contributed by atoms with Gasteiger partial charge in [0.05, 0.1) is 24.2 Å². The molecule has 0 saturated carbocycles. The van der Waals surface area contributed by atoms with E-state index in [1.807, 2.05) is 10.6 Å². The summed E-state index contributed by atoms with van der Waals surface area (Å²) in [6.07, 6.45) is 0. The van der Waals surface area contributed by atoms with Crippen molar-refractivity contribution < 1.29 is 5.11 Å². The van der Waals surface area contributed by atoms with Crippen molar-refractivity contribution >= 4 is 39.1 Å². The van der Waals surface area contributed by atoms with Crippen molar-refractivity contribution in [2.75, 3.05) is 18.9 Å². The first kappa shape index (κ1) is 17.0. The number of aliphatic hydroxyl groups is 1. The van der Waals surface area contributed by atoms with Gasteiger partial charge in [-0.2, -0.15) is 0 Å². The van der Waals surface area contributed by atoms with Gasteiger partial charge in [-0.25, -0.2) is 9.97 Å². The Morgan fingerprint density at radius 3 is 2.88 bits per heavy atom. The van der Waals surface area contributed by atoms with Crippen LogP contribution in [0.4, 0.5) is 5.82 Å². The van der Waals surface area contributed by atoms with Gasteiger partial charge < -0.3 is 20.7 Å². The van der Waals surface area contributed by atoms with Gasteiger partial charge in [0.25, 0.3) is 0 Å². The Labute approximate surface area is 155 Å². The molecule has 4 rings (SSSR count). The second kappa shape index (κ2) is 7.03. The Bertz CT molecular complexity index is 1060. The molecule has 26 heavy (non-hydrogen) atoms. The van der Waals surface area contributed by atoms with E-state index >= 15 is 0 Å². The zero-order chi connectivity index (χ0) is 18.1. The predicted octanol–water partition coefficient (Wildman–Crippen LogP) is 3.00. The molecule has 4 N–H and O–H groups in total. The molecule has 1 aromatic carbocycles. The number of aliphatic hydroxyl groups excluding tert-OH is 1. The van der Waals surface area contributed by atoms with Crippen LogP contribution in [-0.4, -0.2) is 32.8 Å². The number of nitrogens with zero attached hydrogens (tertiary/aromatic N) is 3. The molecule has 0 atom stereocenters. The van der Waals surface area contributed by atoms with E-state index in [0.717, 1.165) is 34.4 Å². The first-order valence-electron chi connectivity index (χ1n) is 8.66. The minimum absolute atomic E-state index is 0.0432. The van der Waals surface area contributed by atoms with Gasteiger partial charge in [-0.3, -0.25) is 0 Å². The SMILES string of the molecule is CCNCc1nc2c(N)nc3cc(-c4cccs4)ccc3c2n1CCO. The van der Waals surface area contributed by atoms with E-state index in [1.54, 1.807) is 11.3 Å². The highest BCUT2D eigenvalue weighted by molar-refractivity contribution is 7.13. The van der Waals surface area contributed by atoms with Gasteiger partial charge in [0.15, 0.2) is 5.82 Å². The maximum absolute atomic E-state index is 9.54. The van der Waals surface area contributed by atoms with Crippen molar-refractivity contribution in [3.05, 3.63) is 41.5 Å². The van der Waals surface area contributed by atoms with Gasteiger partial charge in [-0.1, -0.05) is 19.1 Å². The lowest BCUT2D eigenvalue weighted by Crippen LogP contribution is -2.17. The van der Waals surface area contributed by atoms with Crippen LogP contribution in [0.25, 0.3) is 32.4 Å². The van der Waals surface area contributed by atoms with Crippen LogP contribution in [0.1, 0.15) is 12.7 Å². The van der Waals surface area contributed by atoms with E-state index in [2.05, 4.69) is 46.9 Å². The second-order valence-electron chi connectivity index (χ2n) is 6.09. The van der Waals surface area contributed by atoms with E-state index < -0.39 is 0 Å². The van der Waals surface area contributed by atoms with Crippen LogP contribution in [0, 0.1) is 0 Å². The molecule has 4 aromatic rings. The molecule has 0 bridgehead atoms. The summed E-state index contributed by atoms with van der Waals surface area (Å²) in [4.78, 5) is 10.5. The minimum Gasteiger partial charge on any atom is -0.395 e. The van der Waals surface area contributed by atoms with E-state index in [1.165, 1.54) is 4.88 Å². The summed E-state index contributed by atoms with van der Waals surface area (Å²) >= 11 is 1.70. The standard InChI is InChI=1S/C19H21N5OS/c1-2-21-11-16-23-17-18(24(16)7-8-25)13-6-5-12(15-4-3-9-26-15)10-14(13)22-19(17)20/h3-6,9-10,21,25H,2,7-8,11H2,1H3,(H2,20,22). The Hall–Kier alpha value is -2.48. The van der Waals surface area contributed by atoms with Gasteiger partial charge in [-0.15, -0.1) is 11.3 Å². The minimum atomic E-state index is 0.0432. The van der Waals surface area contributed by atoms with Gasteiger partial charge >= 0.3 is 0 Å². The summed E-state index contributed by atoms with van der Waals surface area (Å²) in [5.41, 5.74) is 9.83. The van der Waals surface area contributed by atoms with Crippen LogP contribution >= 0.6 is 11.3 Å². The van der Waals surface area contributed by atoms with Gasteiger partial charge in [0.1, 0.15) is 11.3 Å². The van der Waals surface area contributed by atoms with Crippen LogP contribution < -0.4 is 11.1 Å². The average molecular weight is 367 g/mol. The summed E-state index contributed by atoms with van der Waals surface area (Å²) in [7, 11) is 0. The normalized spacial score (nSPS) is 11.6. The number of nitrogens with one attached hydrogen (secondary N) is 1. The molecule has 0 radical (unpaired) electrons. The van der Waals surface area contributed by atoms with Crippen molar-refractivity contribution in [1.29, 1.82) is 0 Å².